The van der Waals surface area contributed by atoms with Crippen LogP contribution in [0.25, 0.3) is 0 Å². The number of aliphatic hydroxyl groups is 1. The number of aliphatic hydroxyl groups excluding tert-OH is 1. The third kappa shape index (κ3) is 3.50. The van der Waals surface area contributed by atoms with E-state index in [1.807, 2.05) is 30.3 Å². The first-order chi connectivity index (χ1) is 9.76. The molecular formula is C16H19NO3. The minimum absolute atomic E-state index is 0.0187. The van der Waals surface area contributed by atoms with Crippen molar-refractivity contribution in [1.82, 2.24) is 0 Å². The van der Waals surface area contributed by atoms with Gasteiger partial charge in [0.1, 0.15) is 6.61 Å². The van der Waals surface area contributed by atoms with E-state index < -0.39 is 0 Å². The van der Waals surface area contributed by atoms with Crippen molar-refractivity contribution in [2.24, 2.45) is 5.73 Å². The SMILES string of the molecule is COc1cc(CO)ccc1OCc1cccc(CN)c1. The van der Waals surface area contributed by atoms with Crippen molar-refractivity contribution in [3.63, 3.8) is 0 Å². The number of methoxy groups -OCH3 is 1. The lowest BCUT2D eigenvalue weighted by Crippen LogP contribution is -2.01. The second-order valence-electron chi connectivity index (χ2n) is 4.46. The first kappa shape index (κ1) is 14.4. The Morgan fingerprint density at radius 2 is 1.80 bits per heavy atom. The number of benzene rings is 2. The predicted molar refractivity (Wildman–Crippen MR) is 77.6 cm³/mol. The Labute approximate surface area is 118 Å². The molecule has 2 aromatic carbocycles. The van der Waals surface area contributed by atoms with Crippen molar-refractivity contribution < 1.29 is 14.6 Å². The molecule has 0 bridgehead atoms. The Balaban J connectivity index is 2.10. The zero-order valence-corrected chi connectivity index (χ0v) is 11.5. The standard InChI is InChI=1S/C16H19NO3/c1-19-16-8-13(10-18)5-6-15(16)20-11-14-4-2-3-12(7-14)9-17/h2-8,18H,9-11,17H2,1H3. The summed E-state index contributed by atoms with van der Waals surface area (Å²) in [5, 5.41) is 9.11. The van der Waals surface area contributed by atoms with Crippen LogP contribution in [0.2, 0.25) is 0 Å². The van der Waals surface area contributed by atoms with Gasteiger partial charge in [0.05, 0.1) is 13.7 Å². The highest BCUT2D eigenvalue weighted by Gasteiger charge is 2.06. The number of hydrogen-bond donors (Lipinski definition) is 2. The van der Waals surface area contributed by atoms with Crippen LogP contribution in [-0.2, 0) is 19.8 Å². The molecule has 0 aromatic heterocycles. The zero-order valence-electron chi connectivity index (χ0n) is 11.5. The second-order valence-corrected chi connectivity index (χ2v) is 4.46. The van der Waals surface area contributed by atoms with Crippen LogP contribution in [-0.4, -0.2) is 12.2 Å². The van der Waals surface area contributed by atoms with E-state index in [9.17, 15) is 0 Å². The van der Waals surface area contributed by atoms with E-state index >= 15 is 0 Å². The quantitative estimate of drug-likeness (QED) is 0.847. The maximum atomic E-state index is 9.11. The van der Waals surface area contributed by atoms with Gasteiger partial charge in [0.25, 0.3) is 0 Å². The van der Waals surface area contributed by atoms with Gasteiger partial charge < -0.3 is 20.3 Å². The fourth-order valence-corrected chi connectivity index (χ4v) is 1.94. The highest BCUT2D eigenvalue weighted by molar-refractivity contribution is 5.43. The van der Waals surface area contributed by atoms with Gasteiger partial charge in [0.15, 0.2) is 11.5 Å². The summed E-state index contributed by atoms with van der Waals surface area (Å²) in [5.74, 6) is 1.27. The van der Waals surface area contributed by atoms with E-state index in [0.29, 0.717) is 24.7 Å². The molecule has 0 heterocycles. The summed E-state index contributed by atoms with van der Waals surface area (Å²) < 4.78 is 11.0. The molecule has 0 spiro atoms. The Hall–Kier alpha value is -2.04. The molecule has 0 radical (unpaired) electrons. The van der Waals surface area contributed by atoms with Gasteiger partial charge in [-0.05, 0) is 28.8 Å². The summed E-state index contributed by atoms with van der Waals surface area (Å²) >= 11 is 0. The van der Waals surface area contributed by atoms with E-state index in [2.05, 4.69) is 0 Å². The number of ether oxygens (including phenoxy) is 2. The normalized spacial score (nSPS) is 10.3. The van der Waals surface area contributed by atoms with Crippen molar-refractivity contribution >= 4 is 0 Å². The van der Waals surface area contributed by atoms with E-state index in [4.69, 9.17) is 20.3 Å². The molecule has 0 amide bonds. The molecular weight excluding hydrogens is 254 g/mol. The zero-order chi connectivity index (χ0) is 14.4. The molecule has 0 fully saturated rings. The van der Waals surface area contributed by atoms with Gasteiger partial charge in [-0.25, -0.2) is 0 Å². The molecule has 20 heavy (non-hydrogen) atoms. The van der Waals surface area contributed by atoms with Crippen molar-refractivity contribution in [2.45, 2.75) is 19.8 Å². The summed E-state index contributed by atoms with van der Waals surface area (Å²) in [5.41, 5.74) is 8.54. The molecule has 0 aliphatic carbocycles. The molecule has 2 rings (SSSR count). The summed E-state index contributed by atoms with van der Waals surface area (Å²) in [4.78, 5) is 0. The van der Waals surface area contributed by atoms with Gasteiger partial charge in [-0.1, -0.05) is 30.3 Å². The third-order valence-electron chi connectivity index (χ3n) is 3.03. The van der Waals surface area contributed by atoms with Crippen LogP contribution in [0.1, 0.15) is 16.7 Å². The maximum Gasteiger partial charge on any atom is 0.161 e. The van der Waals surface area contributed by atoms with Crippen LogP contribution in [0.5, 0.6) is 11.5 Å². The van der Waals surface area contributed by atoms with Crippen molar-refractivity contribution in [3.8, 4) is 11.5 Å². The molecule has 0 atom stereocenters. The van der Waals surface area contributed by atoms with Crippen LogP contribution in [0.15, 0.2) is 42.5 Å². The topological polar surface area (TPSA) is 64.7 Å². The van der Waals surface area contributed by atoms with Crippen LogP contribution in [0.3, 0.4) is 0 Å². The Morgan fingerprint density at radius 1 is 1.00 bits per heavy atom. The number of rotatable bonds is 6. The van der Waals surface area contributed by atoms with Crippen LogP contribution < -0.4 is 15.2 Å². The van der Waals surface area contributed by atoms with Crippen LogP contribution >= 0.6 is 0 Å². The van der Waals surface area contributed by atoms with Gasteiger partial charge in [0, 0.05) is 6.54 Å². The van der Waals surface area contributed by atoms with E-state index in [1.165, 1.54) is 0 Å². The molecule has 0 aliphatic rings. The van der Waals surface area contributed by atoms with E-state index in [-0.39, 0.29) is 6.61 Å². The van der Waals surface area contributed by atoms with Gasteiger partial charge in [-0.15, -0.1) is 0 Å². The van der Waals surface area contributed by atoms with Crippen LogP contribution in [0.4, 0.5) is 0 Å². The van der Waals surface area contributed by atoms with Crippen molar-refractivity contribution in [3.05, 3.63) is 59.2 Å². The lowest BCUT2D eigenvalue weighted by molar-refractivity contribution is 0.274. The van der Waals surface area contributed by atoms with E-state index in [1.54, 1.807) is 19.2 Å². The van der Waals surface area contributed by atoms with Gasteiger partial charge >= 0.3 is 0 Å². The summed E-state index contributed by atoms with van der Waals surface area (Å²) in [6, 6.07) is 13.4. The smallest absolute Gasteiger partial charge is 0.161 e. The monoisotopic (exact) mass is 273 g/mol. The lowest BCUT2D eigenvalue weighted by atomic mass is 10.1. The highest BCUT2D eigenvalue weighted by atomic mass is 16.5. The third-order valence-corrected chi connectivity index (χ3v) is 3.03. The average molecular weight is 273 g/mol. The minimum atomic E-state index is -0.0187. The predicted octanol–water partition coefficient (Wildman–Crippen LogP) is 2.23. The molecule has 3 N–H and O–H groups in total. The maximum absolute atomic E-state index is 9.11. The molecule has 0 saturated carbocycles. The molecule has 0 unspecified atom stereocenters. The summed E-state index contributed by atoms with van der Waals surface area (Å²) in [6.07, 6.45) is 0. The second kappa shape index (κ2) is 6.93. The number of hydrogen-bond acceptors (Lipinski definition) is 4. The van der Waals surface area contributed by atoms with Gasteiger partial charge in [0.2, 0.25) is 0 Å². The Bertz CT molecular complexity index is 569. The highest BCUT2D eigenvalue weighted by Crippen LogP contribution is 2.28. The van der Waals surface area contributed by atoms with Crippen molar-refractivity contribution in [1.29, 1.82) is 0 Å². The summed E-state index contributed by atoms with van der Waals surface area (Å²) in [6.45, 7) is 0.945. The Morgan fingerprint density at radius 3 is 2.50 bits per heavy atom. The Kier molecular flexibility index (Phi) is 4.98. The molecule has 106 valence electrons. The minimum Gasteiger partial charge on any atom is -0.493 e. The lowest BCUT2D eigenvalue weighted by Gasteiger charge is -2.12. The first-order valence-electron chi connectivity index (χ1n) is 6.45. The van der Waals surface area contributed by atoms with Gasteiger partial charge in [-0.3, -0.25) is 0 Å². The van der Waals surface area contributed by atoms with Crippen molar-refractivity contribution in [2.75, 3.05) is 7.11 Å². The summed E-state index contributed by atoms with van der Waals surface area (Å²) in [7, 11) is 1.58. The molecule has 2 aromatic rings. The van der Waals surface area contributed by atoms with Crippen LogP contribution in [0, 0.1) is 0 Å². The largest absolute Gasteiger partial charge is 0.493 e. The fraction of sp³-hybridized carbons (Fsp3) is 0.250. The average Bonchev–Trinajstić information content (AvgIpc) is 2.52. The molecule has 0 aliphatic heterocycles. The van der Waals surface area contributed by atoms with Gasteiger partial charge in [-0.2, -0.15) is 0 Å². The number of nitrogens with two attached hydrogens (primary N) is 1. The molecule has 4 heteroatoms. The molecule has 4 nitrogen and oxygen atoms in total. The first-order valence-corrected chi connectivity index (χ1v) is 6.45. The molecule has 0 saturated heterocycles. The van der Waals surface area contributed by atoms with E-state index in [0.717, 1.165) is 16.7 Å². The fourth-order valence-electron chi connectivity index (χ4n) is 1.94.